The maximum atomic E-state index is 14.4. The average Bonchev–Trinajstić information content (AvgIpc) is 3.62. The number of carbonyl (C=O) groups is 3. The van der Waals surface area contributed by atoms with Crippen molar-refractivity contribution in [1.29, 1.82) is 0 Å². The van der Waals surface area contributed by atoms with Gasteiger partial charge in [0.05, 0.1) is 35.9 Å². The van der Waals surface area contributed by atoms with Crippen molar-refractivity contribution in [3.05, 3.63) is 34.3 Å². The lowest BCUT2D eigenvalue weighted by atomic mass is 9.77. The van der Waals surface area contributed by atoms with Gasteiger partial charge in [0.25, 0.3) is 5.91 Å². The highest BCUT2D eigenvalue weighted by molar-refractivity contribution is 9.10. The van der Waals surface area contributed by atoms with E-state index in [4.69, 9.17) is 42.7 Å². The summed E-state index contributed by atoms with van der Waals surface area (Å²) in [7, 11) is 5.12. The normalized spacial score (nSPS) is 32.6. The first kappa shape index (κ1) is 53.1. The number of cyclic esters (lactones) is 2. The van der Waals surface area contributed by atoms with Crippen molar-refractivity contribution in [3.8, 4) is 0 Å². The Balaban J connectivity index is 1.67. The summed E-state index contributed by atoms with van der Waals surface area (Å²) in [5.41, 5.74) is 2.89. The van der Waals surface area contributed by atoms with Crippen LogP contribution in [0.3, 0.4) is 0 Å². The molecule has 0 aliphatic carbocycles. The number of benzene rings is 1. The standard InChI is InChI=1S/C44H73BrN4O14/c1-13-31(36-32(14-2)59-42(53)61-36)58-40(52)26(6)35(25(5)37(43(8,54)20-23(3)22-46-10)62-41-34(50)30(47-11)18-24(4)56-41)60-33-21-44(9,55-12)38(27(7)57-33)63-49-48-39(51)28-16-15-17-29(45)19-28/h15-17,19,23-27,30-38,41,46-47,49-50,54H,13-14,18,20-22H2,1-12H3,(H,48,51)/t23-,24-,25+,26-,27+,30+,31-,32-,33?,34-,35+,36-,37-,38+,41?,43-,44-/m1/s1. The summed E-state index contributed by atoms with van der Waals surface area (Å²) in [5.74, 6) is -2.92. The second kappa shape index (κ2) is 23.8. The molecule has 63 heavy (non-hydrogen) atoms. The number of rotatable bonds is 23. The molecule has 1 amide bonds. The molecule has 3 heterocycles. The molecule has 360 valence electrons. The molecule has 4 rings (SSSR count). The molecule has 0 bridgehead atoms. The van der Waals surface area contributed by atoms with Gasteiger partial charge in [0.1, 0.15) is 30.0 Å². The largest absolute Gasteiger partial charge is 0.509 e. The van der Waals surface area contributed by atoms with E-state index in [0.717, 1.165) is 4.47 Å². The number of hydrogen-bond acceptors (Lipinski definition) is 17. The molecule has 6 N–H and O–H groups in total. The van der Waals surface area contributed by atoms with Gasteiger partial charge in [-0.2, -0.15) is 0 Å². The maximum Gasteiger partial charge on any atom is 0.509 e. The van der Waals surface area contributed by atoms with Crippen LogP contribution >= 0.6 is 15.9 Å². The number of halogens is 1. The number of methoxy groups -OCH3 is 1. The maximum absolute atomic E-state index is 14.4. The Bertz CT molecular complexity index is 1630. The first-order valence-electron chi connectivity index (χ1n) is 22.2. The van der Waals surface area contributed by atoms with Gasteiger partial charge in [-0.1, -0.05) is 49.7 Å². The molecule has 3 aliphatic heterocycles. The Morgan fingerprint density at radius 2 is 1.81 bits per heavy atom. The van der Waals surface area contributed by atoms with Crippen LogP contribution in [0.2, 0.25) is 0 Å². The quantitative estimate of drug-likeness (QED) is 0.0666. The second-order valence-electron chi connectivity index (χ2n) is 17.8. The zero-order valence-electron chi connectivity index (χ0n) is 38.9. The molecule has 17 atom stereocenters. The molecular formula is C44H73BrN4O14. The van der Waals surface area contributed by atoms with E-state index in [0.29, 0.717) is 31.4 Å². The lowest BCUT2D eigenvalue weighted by Crippen LogP contribution is -2.61. The first-order valence-corrected chi connectivity index (χ1v) is 22.9. The van der Waals surface area contributed by atoms with Crippen LogP contribution in [-0.2, 0) is 47.5 Å². The zero-order chi connectivity index (χ0) is 46.8. The van der Waals surface area contributed by atoms with Crippen molar-refractivity contribution in [2.24, 2.45) is 17.8 Å². The van der Waals surface area contributed by atoms with Crippen LogP contribution < -0.4 is 21.6 Å². The summed E-state index contributed by atoms with van der Waals surface area (Å²) in [5, 5.41) is 30.3. The molecular weight excluding hydrogens is 888 g/mol. The van der Waals surface area contributed by atoms with E-state index >= 15 is 0 Å². The number of carbonyl (C=O) groups excluding carboxylic acids is 3. The molecule has 3 aliphatic rings. The smallest absolute Gasteiger partial charge is 0.458 e. The van der Waals surface area contributed by atoms with E-state index < -0.39 is 102 Å². The number of amides is 1. The van der Waals surface area contributed by atoms with Gasteiger partial charge in [0.2, 0.25) is 0 Å². The zero-order valence-corrected chi connectivity index (χ0v) is 40.5. The van der Waals surface area contributed by atoms with Crippen LogP contribution in [0.25, 0.3) is 0 Å². The van der Waals surface area contributed by atoms with Crippen LogP contribution in [0.4, 0.5) is 4.79 Å². The third-order valence-corrected chi connectivity index (χ3v) is 13.0. The molecule has 0 radical (unpaired) electrons. The molecule has 3 fully saturated rings. The van der Waals surface area contributed by atoms with E-state index in [1.54, 1.807) is 46.0 Å². The lowest BCUT2D eigenvalue weighted by Gasteiger charge is -2.49. The summed E-state index contributed by atoms with van der Waals surface area (Å²) in [4.78, 5) is 45.4. The molecule has 1 aromatic rings. The van der Waals surface area contributed by atoms with Gasteiger partial charge in [0, 0.05) is 35.5 Å². The fourth-order valence-corrected chi connectivity index (χ4v) is 9.57. The van der Waals surface area contributed by atoms with Crippen molar-refractivity contribution in [2.45, 2.75) is 179 Å². The summed E-state index contributed by atoms with van der Waals surface area (Å²) < 4.78 is 50.0. The molecule has 0 aromatic heterocycles. The Morgan fingerprint density at radius 3 is 2.43 bits per heavy atom. The van der Waals surface area contributed by atoms with Gasteiger partial charge in [0.15, 0.2) is 18.7 Å². The van der Waals surface area contributed by atoms with Crippen molar-refractivity contribution in [1.82, 2.24) is 21.6 Å². The van der Waals surface area contributed by atoms with Crippen molar-refractivity contribution < 1.29 is 67.3 Å². The number of hydrazine groups is 1. The minimum atomic E-state index is -1.55. The van der Waals surface area contributed by atoms with Gasteiger partial charge in [-0.15, -0.1) is 5.59 Å². The third kappa shape index (κ3) is 13.8. The van der Waals surface area contributed by atoms with Crippen molar-refractivity contribution in [3.63, 3.8) is 0 Å². The molecule has 0 spiro atoms. The van der Waals surface area contributed by atoms with Crippen LogP contribution in [-0.4, -0.2) is 141 Å². The van der Waals surface area contributed by atoms with E-state index in [9.17, 15) is 24.6 Å². The van der Waals surface area contributed by atoms with Crippen LogP contribution in [0.1, 0.15) is 105 Å². The van der Waals surface area contributed by atoms with Gasteiger partial charge in [-0.3, -0.25) is 19.9 Å². The van der Waals surface area contributed by atoms with Crippen molar-refractivity contribution >= 4 is 34.0 Å². The molecule has 2 unspecified atom stereocenters. The Morgan fingerprint density at radius 1 is 1.10 bits per heavy atom. The number of ether oxygens (including phenoxy) is 8. The van der Waals surface area contributed by atoms with Crippen molar-refractivity contribution in [2.75, 3.05) is 27.7 Å². The predicted molar refractivity (Wildman–Crippen MR) is 234 cm³/mol. The topological polar surface area (TPSA) is 223 Å². The number of nitrogens with one attached hydrogen (secondary N) is 4. The van der Waals surface area contributed by atoms with Gasteiger partial charge in [-0.05, 0) is 105 Å². The van der Waals surface area contributed by atoms with E-state index in [1.165, 1.54) is 7.11 Å². The second-order valence-corrected chi connectivity index (χ2v) is 18.8. The average molecular weight is 962 g/mol. The number of esters is 1. The molecule has 0 saturated carbocycles. The number of aliphatic hydroxyl groups excluding tert-OH is 1. The summed E-state index contributed by atoms with van der Waals surface area (Å²) in [6.07, 6.45) is -8.49. The highest BCUT2D eigenvalue weighted by Crippen LogP contribution is 2.40. The van der Waals surface area contributed by atoms with Crippen LogP contribution in [0, 0.1) is 17.8 Å². The number of likely N-dealkylation sites (N-methyl/N-ethyl adjacent to an activating group) is 1. The first-order chi connectivity index (χ1) is 29.7. The van der Waals surface area contributed by atoms with Crippen LogP contribution in [0.5, 0.6) is 0 Å². The predicted octanol–water partition coefficient (Wildman–Crippen LogP) is 4.28. The van der Waals surface area contributed by atoms with Gasteiger partial charge in [-0.25, -0.2) is 4.79 Å². The minimum Gasteiger partial charge on any atom is -0.458 e. The summed E-state index contributed by atoms with van der Waals surface area (Å²) in [6, 6.07) is 6.53. The van der Waals surface area contributed by atoms with Gasteiger partial charge >= 0.3 is 12.1 Å². The molecule has 1 aromatic carbocycles. The SMILES string of the molecule is CC[C@H]1OC(=O)O[C@@H]1[C@@H](CC)OC(=O)[C@H](C)[C@@H](OC1C[C@@](C)(OC)[C@@H](ONNC(=O)c2cccc(Br)c2)[C@H](C)O1)[C@H](C)[C@@H](OC1O[C@H](C)C[C@H](NC)[C@H]1O)[C@](C)(O)C[C@@H](C)CNC. The van der Waals surface area contributed by atoms with E-state index in [-0.39, 0.29) is 30.9 Å². The third-order valence-electron chi connectivity index (χ3n) is 12.5. The van der Waals surface area contributed by atoms with E-state index in [2.05, 4.69) is 37.6 Å². The lowest BCUT2D eigenvalue weighted by molar-refractivity contribution is -0.324. The number of hydrogen-bond donors (Lipinski definition) is 6. The Kier molecular flexibility index (Phi) is 20.0. The molecule has 3 saturated heterocycles. The highest BCUT2D eigenvalue weighted by Gasteiger charge is 2.52. The van der Waals surface area contributed by atoms with Gasteiger partial charge < -0.3 is 58.7 Å². The Labute approximate surface area is 380 Å². The minimum absolute atomic E-state index is 0.0192. The Hall–Kier alpha value is -2.53. The number of aliphatic hydroxyl groups is 2. The monoisotopic (exact) mass is 960 g/mol. The molecule has 19 heteroatoms. The fourth-order valence-electron chi connectivity index (χ4n) is 9.17. The fraction of sp³-hybridized carbons (Fsp3) is 0.795. The summed E-state index contributed by atoms with van der Waals surface area (Å²) in [6.45, 7) is 16.9. The molecule has 18 nitrogen and oxygen atoms in total. The van der Waals surface area contributed by atoms with Crippen LogP contribution in [0.15, 0.2) is 28.7 Å². The van der Waals surface area contributed by atoms with E-state index in [1.807, 2.05) is 54.7 Å². The summed E-state index contributed by atoms with van der Waals surface area (Å²) >= 11 is 3.38. The highest BCUT2D eigenvalue weighted by atomic mass is 79.9.